The van der Waals surface area contributed by atoms with Crippen molar-refractivity contribution < 1.29 is 34.4 Å². The molecule has 0 aliphatic carbocycles. The highest BCUT2D eigenvalue weighted by molar-refractivity contribution is 5.70. The Hall–Kier alpha value is -2.22. The van der Waals surface area contributed by atoms with Gasteiger partial charge in [0.25, 0.3) is 0 Å². The van der Waals surface area contributed by atoms with Crippen molar-refractivity contribution in [3.8, 4) is 0 Å². The monoisotopic (exact) mass is 536 g/mol. The summed E-state index contributed by atoms with van der Waals surface area (Å²) in [6, 6.07) is 0. The van der Waals surface area contributed by atoms with Crippen LogP contribution in [0.2, 0.25) is 0 Å². The summed E-state index contributed by atoms with van der Waals surface area (Å²) in [6.45, 7) is 3.72. The minimum Gasteiger partial charge on any atom is -0.462 e. The first-order valence-electron chi connectivity index (χ1n) is 14.4. The quantitative estimate of drug-likeness (QED) is 0.0611. The molecule has 3 N–H and O–H groups in total. The zero-order valence-corrected chi connectivity index (χ0v) is 23.6. The molecule has 0 amide bonds. The first-order chi connectivity index (χ1) is 18.4. The van der Waals surface area contributed by atoms with Gasteiger partial charge in [-0.15, -0.1) is 0 Å². The van der Waals surface area contributed by atoms with Gasteiger partial charge in [-0.25, -0.2) is 0 Å². The van der Waals surface area contributed by atoms with Gasteiger partial charge in [0.05, 0.1) is 18.8 Å². The second-order valence-electron chi connectivity index (χ2n) is 9.53. The number of hydrogen-bond acceptors (Lipinski definition) is 7. The highest BCUT2D eigenvalue weighted by Crippen LogP contribution is 2.08. The predicted octanol–water partition coefficient (Wildman–Crippen LogP) is 5.88. The number of aliphatic hydroxyl groups excluding tert-OH is 3. The van der Waals surface area contributed by atoms with Crippen LogP contribution in [0.5, 0.6) is 0 Å². The fraction of sp³-hybridized carbons (Fsp3) is 0.677. The Bertz CT molecular complexity index is 696. The first kappa shape index (κ1) is 35.8. The molecule has 3 atom stereocenters. The average molecular weight is 537 g/mol. The van der Waals surface area contributed by atoms with E-state index in [1.54, 1.807) is 36.5 Å². The van der Waals surface area contributed by atoms with Crippen LogP contribution in [-0.2, 0) is 19.1 Å². The Kier molecular flexibility index (Phi) is 24.8. The Balaban J connectivity index is 3.99. The smallest absolute Gasteiger partial charge is 0.306 e. The number of hydrogen-bond donors (Lipinski definition) is 3. The molecule has 0 aromatic carbocycles. The molecule has 0 spiro atoms. The molecule has 0 radical (unpaired) electrons. The van der Waals surface area contributed by atoms with Crippen molar-refractivity contribution in [3.05, 3.63) is 48.6 Å². The van der Waals surface area contributed by atoms with E-state index in [1.165, 1.54) is 19.3 Å². The second kappa shape index (κ2) is 26.4. The first-order valence-corrected chi connectivity index (χ1v) is 14.4. The summed E-state index contributed by atoms with van der Waals surface area (Å²) in [6.07, 6.45) is 24.1. The Labute approximate surface area is 230 Å². The van der Waals surface area contributed by atoms with Gasteiger partial charge in [0.1, 0.15) is 6.61 Å². The number of esters is 2. The third-order valence-corrected chi connectivity index (χ3v) is 5.82. The summed E-state index contributed by atoms with van der Waals surface area (Å²) in [5.74, 6) is -0.854. The van der Waals surface area contributed by atoms with Gasteiger partial charge < -0.3 is 24.8 Å². The molecular formula is C31H52O7. The van der Waals surface area contributed by atoms with E-state index in [1.807, 2.05) is 6.08 Å². The number of ether oxygens (including phenoxy) is 2. The van der Waals surface area contributed by atoms with Gasteiger partial charge in [0, 0.05) is 12.8 Å². The van der Waals surface area contributed by atoms with Gasteiger partial charge in [-0.3, -0.25) is 9.59 Å². The molecule has 0 unspecified atom stereocenters. The van der Waals surface area contributed by atoms with Gasteiger partial charge in [-0.1, -0.05) is 101 Å². The van der Waals surface area contributed by atoms with Gasteiger partial charge in [-0.2, -0.15) is 0 Å². The standard InChI is InChI=1S/C31H52O7/c1-3-5-7-9-11-14-19-27(33)20-15-12-13-16-21-28(34)22-18-24-30(35)37-26-29(25-32)38-31(36)23-17-10-8-6-4-2/h11-16,20-21,27-29,32-34H,3-10,17-19,22-26H2,1-2H3/b13-12+,14-11-,20-15+,21-16-/t27-,28-,29+/m1/s1. The molecule has 218 valence electrons. The summed E-state index contributed by atoms with van der Waals surface area (Å²) >= 11 is 0. The molecule has 0 rings (SSSR count). The third kappa shape index (κ3) is 24.1. The van der Waals surface area contributed by atoms with E-state index in [-0.39, 0.29) is 13.0 Å². The molecule has 0 saturated carbocycles. The minimum atomic E-state index is -0.857. The van der Waals surface area contributed by atoms with Crippen molar-refractivity contribution >= 4 is 11.9 Å². The molecule has 0 aliphatic heterocycles. The van der Waals surface area contributed by atoms with Crippen molar-refractivity contribution in [2.45, 2.75) is 122 Å². The van der Waals surface area contributed by atoms with Crippen molar-refractivity contribution in [3.63, 3.8) is 0 Å². The van der Waals surface area contributed by atoms with E-state index >= 15 is 0 Å². The van der Waals surface area contributed by atoms with Crippen molar-refractivity contribution in [1.29, 1.82) is 0 Å². The van der Waals surface area contributed by atoms with Crippen molar-refractivity contribution in [2.75, 3.05) is 13.2 Å². The Morgan fingerprint density at radius 3 is 2.05 bits per heavy atom. The maximum atomic E-state index is 11.9. The lowest BCUT2D eigenvalue weighted by Gasteiger charge is -2.16. The minimum absolute atomic E-state index is 0.123. The normalized spacial score (nSPS) is 14.6. The zero-order chi connectivity index (χ0) is 28.3. The number of unbranched alkanes of at least 4 members (excludes halogenated alkanes) is 7. The molecule has 0 fully saturated rings. The van der Waals surface area contributed by atoms with Gasteiger partial charge in [0.15, 0.2) is 6.10 Å². The molecule has 0 aromatic heterocycles. The van der Waals surface area contributed by atoms with Crippen LogP contribution in [0, 0.1) is 0 Å². The SMILES string of the molecule is CCCCC/C=C\C[C@@H](O)/C=C/C=C/C=C\[C@@H](O)CCCC(=O)OC[C@H](CO)OC(=O)CCCCCCC. The zero-order valence-electron chi connectivity index (χ0n) is 23.6. The van der Waals surface area contributed by atoms with Gasteiger partial charge in [0.2, 0.25) is 0 Å². The summed E-state index contributed by atoms with van der Waals surface area (Å²) < 4.78 is 10.3. The van der Waals surface area contributed by atoms with Crippen molar-refractivity contribution in [1.82, 2.24) is 0 Å². The third-order valence-electron chi connectivity index (χ3n) is 5.82. The van der Waals surface area contributed by atoms with Crippen LogP contribution in [0.1, 0.15) is 104 Å². The fourth-order valence-corrected chi connectivity index (χ4v) is 3.51. The Morgan fingerprint density at radius 1 is 0.737 bits per heavy atom. The maximum absolute atomic E-state index is 11.9. The van der Waals surface area contributed by atoms with Gasteiger partial charge >= 0.3 is 11.9 Å². The molecule has 0 heterocycles. The van der Waals surface area contributed by atoms with Crippen LogP contribution < -0.4 is 0 Å². The number of rotatable bonds is 24. The number of aliphatic hydroxyl groups is 3. The molecule has 0 aromatic rings. The van der Waals surface area contributed by atoms with Gasteiger partial charge in [-0.05, 0) is 38.5 Å². The summed E-state index contributed by atoms with van der Waals surface area (Å²) in [5.41, 5.74) is 0. The van der Waals surface area contributed by atoms with E-state index < -0.39 is 36.9 Å². The predicted molar refractivity (Wildman–Crippen MR) is 152 cm³/mol. The number of carbonyl (C=O) groups is 2. The highest BCUT2D eigenvalue weighted by atomic mass is 16.6. The van der Waals surface area contributed by atoms with Crippen LogP contribution in [0.3, 0.4) is 0 Å². The van der Waals surface area contributed by atoms with Crippen molar-refractivity contribution in [2.24, 2.45) is 0 Å². The average Bonchev–Trinajstić information content (AvgIpc) is 2.90. The molecule has 38 heavy (non-hydrogen) atoms. The fourth-order valence-electron chi connectivity index (χ4n) is 3.51. The molecule has 0 bridgehead atoms. The lowest BCUT2D eigenvalue weighted by atomic mass is 10.1. The summed E-state index contributed by atoms with van der Waals surface area (Å²) in [5, 5.41) is 29.3. The Morgan fingerprint density at radius 2 is 1.37 bits per heavy atom. The maximum Gasteiger partial charge on any atom is 0.306 e. The number of carbonyl (C=O) groups excluding carboxylic acids is 2. The van der Waals surface area contributed by atoms with E-state index in [0.29, 0.717) is 25.7 Å². The van der Waals surface area contributed by atoms with Crippen LogP contribution in [0.4, 0.5) is 0 Å². The molecular weight excluding hydrogens is 484 g/mol. The van der Waals surface area contributed by atoms with E-state index in [0.717, 1.165) is 38.5 Å². The highest BCUT2D eigenvalue weighted by Gasteiger charge is 2.16. The largest absolute Gasteiger partial charge is 0.462 e. The second-order valence-corrected chi connectivity index (χ2v) is 9.53. The van der Waals surface area contributed by atoms with E-state index in [2.05, 4.69) is 19.9 Å². The van der Waals surface area contributed by atoms with Crippen LogP contribution >= 0.6 is 0 Å². The summed E-state index contributed by atoms with van der Waals surface area (Å²) in [7, 11) is 0. The van der Waals surface area contributed by atoms with E-state index in [9.17, 15) is 24.9 Å². The molecule has 0 aliphatic rings. The lowest BCUT2D eigenvalue weighted by Crippen LogP contribution is -2.28. The van der Waals surface area contributed by atoms with Crippen LogP contribution in [0.15, 0.2) is 48.6 Å². The van der Waals surface area contributed by atoms with Crippen LogP contribution in [0.25, 0.3) is 0 Å². The van der Waals surface area contributed by atoms with Crippen LogP contribution in [-0.4, -0.2) is 58.8 Å². The number of allylic oxidation sites excluding steroid dienone is 5. The molecule has 7 heteroatoms. The topological polar surface area (TPSA) is 113 Å². The summed E-state index contributed by atoms with van der Waals surface area (Å²) in [4.78, 5) is 23.8. The molecule has 0 saturated heterocycles. The van der Waals surface area contributed by atoms with E-state index in [4.69, 9.17) is 9.47 Å². The molecule has 7 nitrogen and oxygen atoms in total. The lowest BCUT2D eigenvalue weighted by molar-refractivity contribution is -0.161.